The fourth-order valence-corrected chi connectivity index (χ4v) is 3.83. The zero-order valence-electron chi connectivity index (χ0n) is 16.8. The zero-order valence-corrected chi connectivity index (χ0v) is 16.8. The van der Waals surface area contributed by atoms with E-state index >= 15 is 0 Å². The molecule has 2 N–H and O–H groups in total. The molecule has 0 aromatic carbocycles. The van der Waals surface area contributed by atoms with Gasteiger partial charge < -0.3 is 19.8 Å². The summed E-state index contributed by atoms with van der Waals surface area (Å²) in [6.45, 7) is 8.14. The van der Waals surface area contributed by atoms with Gasteiger partial charge in [-0.15, -0.1) is 0 Å². The van der Waals surface area contributed by atoms with Gasteiger partial charge in [0.25, 0.3) is 0 Å². The maximum Gasteiger partial charge on any atom is 0.373 e. The average Bonchev–Trinajstić information content (AvgIpc) is 3.08. The van der Waals surface area contributed by atoms with Gasteiger partial charge >= 0.3 is 5.97 Å². The normalized spacial score (nSPS) is 15.6. The summed E-state index contributed by atoms with van der Waals surface area (Å²) in [6, 6.07) is 6.27. The summed E-state index contributed by atoms with van der Waals surface area (Å²) in [5.41, 5.74) is 8.78. The Labute approximate surface area is 165 Å². The van der Waals surface area contributed by atoms with Crippen LogP contribution < -0.4 is 5.73 Å². The lowest BCUT2D eigenvalue weighted by atomic mass is 9.86. The summed E-state index contributed by atoms with van der Waals surface area (Å²) in [4.78, 5) is 18.6. The number of nitriles is 1. The lowest BCUT2D eigenvalue weighted by Crippen LogP contribution is -2.38. The number of piperidine rings is 1. The van der Waals surface area contributed by atoms with E-state index in [2.05, 4.69) is 29.8 Å². The van der Waals surface area contributed by atoms with Crippen molar-refractivity contribution in [2.45, 2.75) is 45.6 Å². The van der Waals surface area contributed by atoms with E-state index in [-0.39, 0.29) is 17.5 Å². The van der Waals surface area contributed by atoms with E-state index in [1.54, 1.807) is 13.0 Å². The van der Waals surface area contributed by atoms with Crippen LogP contribution in [0.1, 0.15) is 60.0 Å². The molecule has 0 bridgehead atoms. The Bertz CT molecular complexity index is 918. The fraction of sp³-hybridized carbons (Fsp3) is 0.476. The van der Waals surface area contributed by atoms with E-state index in [9.17, 15) is 10.1 Å². The first kappa shape index (κ1) is 19.9. The molecule has 0 amide bonds. The van der Waals surface area contributed by atoms with Gasteiger partial charge in [-0.25, -0.2) is 9.78 Å². The third-order valence-electron chi connectivity index (χ3n) is 5.47. The van der Waals surface area contributed by atoms with E-state index in [0.717, 1.165) is 31.5 Å². The highest BCUT2D eigenvalue weighted by atomic mass is 16.5. The highest BCUT2D eigenvalue weighted by Gasteiger charge is 2.27. The third-order valence-corrected chi connectivity index (χ3v) is 5.47. The van der Waals surface area contributed by atoms with E-state index < -0.39 is 5.97 Å². The van der Waals surface area contributed by atoms with Gasteiger partial charge in [0.1, 0.15) is 17.6 Å². The SMILES string of the molecule is COC(=O)c1cc(-c2cc(C3CCN(C(C)C)CC3)c(C#N)c(N)n2)c(C)o1. The maximum atomic E-state index is 11.8. The van der Waals surface area contributed by atoms with Crippen molar-refractivity contribution < 1.29 is 13.9 Å². The number of aromatic nitrogens is 1. The minimum absolute atomic E-state index is 0.117. The summed E-state index contributed by atoms with van der Waals surface area (Å²) in [5, 5.41) is 9.63. The average molecular weight is 382 g/mol. The number of likely N-dealkylation sites (tertiary alicyclic amines) is 1. The molecule has 3 rings (SSSR count). The first-order valence-corrected chi connectivity index (χ1v) is 9.49. The third kappa shape index (κ3) is 3.73. The molecule has 0 aliphatic carbocycles. The van der Waals surface area contributed by atoms with Crippen LogP contribution in [0.5, 0.6) is 0 Å². The van der Waals surface area contributed by atoms with E-state index in [1.165, 1.54) is 7.11 Å². The summed E-state index contributed by atoms with van der Waals surface area (Å²) in [5.74, 6) is 0.587. The molecule has 0 saturated carbocycles. The molecular formula is C21H26N4O3. The molecule has 7 nitrogen and oxygen atoms in total. The molecule has 28 heavy (non-hydrogen) atoms. The number of rotatable bonds is 4. The number of nitrogens with two attached hydrogens (primary N) is 1. The highest BCUT2D eigenvalue weighted by molar-refractivity contribution is 5.88. The number of carbonyl (C=O) groups excluding carboxylic acids is 1. The minimum Gasteiger partial charge on any atom is -0.463 e. The molecule has 0 atom stereocenters. The molecule has 1 fully saturated rings. The molecule has 0 spiro atoms. The van der Waals surface area contributed by atoms with Gasteiger partial charge in [0.05, 0.1) is 18.4 Å². The smallest absolute Gasteiger partial charge is 0.373 e. The molecule has 1 aliphatic rings. The van der Waals surface area contributed by atoms with Crippen LogP contribution in [0.3, 0.4) is 0 Å². The van der Waals surface area contributed by atoms with Gasteiger partial charge in [-0.1, -0.05) is 0 Å². The number of anilines is 1. The summed E-state index contributed by atoms with van der Waals surface area (Å²) >= 11 is 0. The van der Waals surface area contributed by atoms with Crippen LogP contribution >= 0.6 is 0 Å². The molecule has 148 valence electrons. The topological polar surface area (TPSA) is 105 Å². The van der Waals surface area contributed by atoms with Crippen molar-refractivity contribution in [1.82, 2.24) is 9.88 Å². The summed E-state index contributed by atoms with van der Waals surface area (Å²) in [6.07, 6.45) is 1.93. The molecule has 1 aliphatic heterocycles. The zero-order chi connectivity index (χ0) is 20.4. The van der Waals surface area contributed by atoms with Crippen molar-refractivity contribution in [2.75, 3.05) is 25.9 Å². The number of esters is 1. The van der Waals surface area contributed by atoms with Crippen molar-refractivity contribution in [3.05, 3.63) is 34.8 Å². The second-order valence-corrected chi connectivity index (χ2v) is 7.44. The lowest BCUT2D eigenvalue weighted by Gasteiger charge is -2.35. The van der Waals surface area contributed by atoms with Crippen LogP contribution in [0.25, 0.3) is 11.3 Å². The standard InChI is InChI=1S/C21H26N4O3/c1-12(2)25-7-5-14(6-8-25)16-9-18(24-20(23)17(16)11-22)15-10-19(21(26)27-4)28-13(15)3/h9-10,12,14H,5-8H2,1-4H3,(H2,23,24). The predicted molar refractivity (Wildman–Crippen MR) is 106 cm³/mol. The Hall–Kier alpha value is -2.85. The Morgan fingerprint density at radius 2 is 2.07 bits per heavy atom. The molecule has 2 aromatic rings. The maximum absolute atomic E-state index is 11.8. The van der Waals surface area contributed by atoms with Gasteiger partial charge in [0, 0.05) is 17.7 Å². The van der Waals surface area contributed by atoms with Crippen molar-refractivity contribution >= 4 is 11.8 Å². The van der Waals surface area contributed by atoms with Crippen molar-refractivity contribution in [2.24, 2.45) is 0 Å². The number of nitrogens with zero attached hydrogens (tertiary/aromatic N) is 3. The van der Waals surface area contributed by atoms with Crippen LogP contribution in [0.15, 0.2) is 16.5 Å². The van der Waals surface area contributed by atoms with E-state index in [4.69, 9.17) is 14.9 Å². The number of methoxy groups -OCH3 is 1. The van der Waals surface area contributed by atoms with Crippen molar-refractivity contribution in [3.63, 3.8) is 0 Å². The number of nitrogen functional groups attached to an aromatic ring is 1. The van der Waals surface area contributed by atoms with Crippen molar-refractivity contribution in [3.8, 4) is 17.3 Å². The van der Waals surface area contributed by atoms with Crippen molar-refractivity contribution in [1.29, 1.82) is 5.26 Å². The van der Waals surface area contributed by atoms with Crippen LogP contribution in [0, 0.1) is 18.3 Å². The molecule has 1 saturated heterocycles. The number of carbonyl (C=O) groups is 1. The first-order chi connectivity index (χ1) is 13.3. The summed E-state index contributed by atoms with van der Waals surface area (Å²) < 4.78 is 10.2. The summed E-state index contributed by atoms with van der Waals surface area (Å²) in [7, 11) is 1.30. The molecular weight excluding hydrogens is 356 g/mol. The second kappa shape index (κ2) is 8.03. The Morgan fingerprint density at radius 3 is 2.64 bits per heavy atom. The number of pyridine rings is 1. The predicted octanol–water partition coefficient (Wildman–Crippen LogP) is 3.48. The van der Waals surface area contributed by atoms with Gasteiger partial charge in [-0.2, -0.15) is 5.26 Å². The molecule has 0 unspecified atom stereocenters. The van der Waals surface area contributed by atoms with Gasteiger partial charge in [-0.05, 0) is 64.3 Å². The number of furan rings is 1. The quantitative estimate of drug-likeness (QED) is 0.807. The van der Waals surface area contributed by atoms with E-state index in [0.29, 0.717) is 28.6 Å². The Morgan fingerprint density at radius 1 is 1.39 bits per heavy atom. The molecule has 2 aromatic heterocycles. The van der Waals surface area contributed by atoms with Gasteiger partial charge in [0.2, 0.25) is 5.76 Å². The van der Waals surface area contributed by atoms with Crippen LogP contribution in [0.2, 0.25) is 0 Å². The highest BCUT2D eigenvalue weighted by Crippen LogP contribution is 2.36. The molecule has 7 heteroatoms. The number of hydrogen-bond donors (Lipinski definition) is 1. The molecule has 0 radical (unpaired) electrons. The van der Waals surface area contributed by atoms with Crippen LogP contribution in [-0.4, -0.2) is 42.1 Å². The minimum atomic E-state index is -0.544. The van der Waals surface area contributed by atoms with Gasteiger partial charge in [-0.3, -0.25) is 0 Å². The largest absolute Gasteiger partial charge is 0.463 e. The van der Waals surface area contributed by atoms with Crippen LogP contribution in [0.4, 0.5) is 5.82 Å². The Kier molecular flexibility index (Phi) is 5.71. The fourth-order valence-electron chi connectivity index (χ4n) is 3.83. The number of aryl methyl sites for hydroxylation is 1. The second-order valence-electron chi connectivity index (χ2n) is 7.44. The number of ether oxygens (including phenoxy) is 1. The van der Waals surface area contributed by atoms with Crippen LogP contribution in [-0.2, 0) is 4.74 Å². The van der Waals surface area contributed by atoms with E-state index in [1.807, 2.05) is 6.07 Å². The van der Waals surface area contributed by atoms with Gasteiger partial charge in [0.15, 0.2) is 0 Å². The first-order valence-electron chi connectivity index (χ1n) is 9.49. The Balaban J connectivity index is 1.99. The number of hydrogen-bond acceptors (Lipinski definition) is 7. The molecule has 3 heterocycles. The lowest BCUT2D eigenvalue weighted by molar-refractivity contribution is 0.0563. The monoisotopic (exact) mass is 382 g/mol.